The van der Waals surface area contributed by atoms with Crippen molar-refractivity contribution in [3.8, 4) is 6.07 Å². The van der Waals surface area contributed by atoms with E-state index in [-0.39, 0.29) is 6.10 Å². The standard InChI is InChI=1S/C10H17NO2/c1-3-5-6-10(9(12)8-11)13-7-4-2/h4,9-10,12H,2-3,5-7H2,1H3/t9-,10?/m1/s1. The number of aliphatic hydroxyl groups is 1. The summed E-state index contributed by atoms with van der Waals surface area (Å²) >= 11 is 0. The second-order valence-electron chi connectivity index (χ2n) is 2.88. The summed E-state index contributed by atoms with van der Waals surface area (Å²) in [6, 6.07) is 1.78. The molecule has 0 aliphatic rings. The molecule has 2 atom stereocenters. The van der Waals surface area contributed by atoms with E-state index in [1.54, 1.807) is 12.1 Å². The third-order valence-electron chi connectivity index (χ3n) is 1.75. The molecule has 0 aliphatic carbocycles. The Morgan fingerprint density at radius 1 is 1.69 bits per heavy atom. The number of ether oxygens (including phenoxy) is 1. The summed E-state index contributed by atoms with van der Waals surface area (Å²) in [6.45, 7) is 5.95. The molecule has 3 heteroatoms. The summed E-state index contributed by atoms with van der Waals surface area (Å²) < 4.78 is 5.26. The summed E-state index contributed by atoms with van der Waals surface area (Å²) in [6.07, 6.45) is 2.93. The van der Waals surface area contributed by atoms with Gasteiger partial charge in [0.05, 0.1) is 18.8 Å². The lowest BCUT2D eigenvalue weighted by Crippen LogP contribution is -2.27. The largest absolute Gasteiger partial charge is 0.375 e. The molecule has 0 aliphatic heterocycles. The minimum Gasteiger partial charge on any atom is -0.375 e. The summed E-state index contributed by atoms with van der Waals surface area (Å²) in [5.41, 5.74) is 0. The molecule has 0 aromatic heterocycles. The molecular formula is C10H17NO2. The zero-order chi connectivity index (χ0) is 10.1. The Balaban J connectivity index is 3.87. The highest BCUT2D eigenvalue weighted by Crippen LogP contribution is 2.09. The van der Waals surface area contributed by atoms with Crippen molar-refractivity contribution in [2.45, 2.75) is 38.4 Å². The SMILES string of the molecule is C=CCOC(CCCC)[C@H](O)C#N. The van der Waals surface area contributed by atoms with Crippen LogP contribution >= 0.6 is 0 Å². The van der Waals surface area contributed by atoms with E-state index in [1.807, 2.05) is 0 Å². The Bertz CT molecular complexity index is 174. The molecule has 0 spiro atoms. The number of nitrogens with zero attached hydrogens (tertiary/aromatic N) is 1. The molecule has 0 aromatic carbocycles. The van der Waals surface area contributed by atoms with E-state index >= 15 is 0 Å². The van der Waals surface area contributed by atoms with Crippen LogP contribution in [0.3, 0.4) is 0 Å². The quantitative estimate of drug-likeness (QED) is 0.482. The molecule has 1 N–H and O–H groups in total. The van der Waals surface area contributed by atoms with Crippen LogP contribution < -0.4 is 0 Å². The van der Waals surface area contributed by atoms with Crippen LogP contribution in [0.2, 0.25) is 0 Å². The second kappa shape index (κ2) is 7.78. The molecule has 0 amide bonds. The van der Waals surface area contributed by atoms with Gasteiger partial charge in [-0.05, 0) is 6.42 Å². The molecule has 0 rings (SSSR count). The van der Waals surface area contributed by atoms with E-state index in [1.165, 1.54) is 0 Å². The summed E-state index contributed by atoms with van der Waals surface area (Å²) in [4.78, 5) is 0. The molecule has 0 radical (unpaired) electrons. The molecule has 0 heterocycles. The van der Waals surface area contributed by atoms with Crippen LogP contribution in [-0.4, -0.2) is 23.9 Å². The average Bonchev–Trinajstić information content (AvgIpc) is 2.17. The zero-order valence-electron chi connectivity index (χ0n) is 8.07. The van der Waals surface area contributed by atoms with Crippen LogP contribution in [0.25, 0.3) is 0 Å². The maximum Gasteiger partial charge on any atom is 0.166 e. The number of rotatable bonds is 7. The van der Waals surface area contributed by atoms with Gasteiger partial charge in [0.2, 0.25) is 0 Å². The van der Waals surface area contributed by atoms with Crippen molar-refractivity contribution in [3.05, 3.63) is 12.7 Å². The fourth-order valence-corrected chi connectivity index (χ4v) is 1.01. The van der Waals surface area contributed by atoms with E-state index in [0.717, 1.165) is 19.3 Å². The Kier molecular flexibility index (Phi) is 7.27. The van der Waals surface area contributed by atoms with Crippen molar-refractivity contribution in [1.82, 2.24) is 0 Å². The topological polar surface area (TPSA) is 53.2 Å². The average molecular weight is 183 g/mol. The highest BCUT2D eigenvalue weighted by atomic mass is 16.5. The number of hydrogen-bond donors (Lipinski definition) is 1. The van der Waals surface area contributed by atoms with Crippen molar-refractivity contribution in [2.75, 3.05) is 6.61 Å². The Morgan fingerprint density at radius 2 is 2.38 bits per heavy atom. The van der Waals surface area contributed by atoms with Gasteiger partial charge in [-0.3, -0.25) is 0 Å². The monoisotopic (exact) mass is 183 g/mol. The first-order chi connectivity index (χ1) is 6.26. The van der Waals surface area contributed by atoms with Gasteiger partial charge in [-0.15, -0.1) is 6.58 Å². The summed E-state index contributed by atoms with van der Waals surface area (Å²) in [5.74, 6) is 0. The van der Waals surface area contributed by atoms with Gasteiger partial charge in [0, 0.05) is 0 Å². The van der Waals surface area contributed by atoms with Crippen LogP contribution in [0.15, 0.2) is 12.7 Å². The first-order valence-corrected chi connectivity index (χ1v) is 4.56. The van der Waals surface area contributed by atoms with Crippen molar-refractivity contribution in [3.63, 3.8) is 0 Å². The maximum absolute atomic E-state index is 9.25. The number of unbranched alkanes of at least 4 members (excludes halogenated alkanes) is 1. The molecule has 0 aromatic rings. The minimum absolute atomic E-state index is 0.372. The molecule has 0 saturated heterocycles. The predicted octanol–water partition coefficient (Wildman–Crippen LogP) is 1.63. The second-order valence-corrected chi connectivity index (χ2v) is 2.88. The third-order valence-corrected chi connectivity index (χ3v) is 1.75. The molecule has 0 saturated carbocycles. The van der Waals surface area contributed by atoms with E-state index < -0.39 is 6.10 Å². The van der Waals surface area contributed by atoms with Crippen molar-refractivity contribution in [2.24, 2.45) is 0 Å². The lowest BCUT2D eigenvalue weighted by atomic mass is 10.1. The molecule has 0 fully saturated rings. The first-order valence-electron chi connectivity index (χ1n) is 4.56. The van der Waals surface area contributed by atoms with Crippen LogP contribution in [0, 0.1) is 11.3 Å². The molecule has 1 unspecified atom stereocenters. The number of hydrogen-bond acceptors (Lipinski definition) is 3. The highest BCUT2D eigenvalue weighted by molar-refractivity contribution is 4.89. The Labute approximate surface area is 79.6 Å². The molecular weight excluding hydrogens is 166 g/mol. The zero-order valence-corrected chi connectivity index (χ0v) is 8.07. The third kappa shape index (κ3) is 5.40. The van der Waals surface area contributed by atoms with Crippen LogP contribution in [0.1, 0.15) is 26.2 Å². The number of nitriles is 1. The number of aliphatic hydroxyl groups excluding tert-OH is 1. The van der Waals surface area contributed by atoms with E-state index in [9.17, 15) is 5.11 Å². The first kappa shape index (κ1) is 12.2. The summed E-state index contributed by atoms with van der Waals surface area (Å²) in [7, 11) is 0. The maximum atomic E-state index is 9.25. The lowest BCUT2D eigenvalue weighted by molar-refractivity contribution is -0.00728. The van der Waals surface area contributed by atoms with Gasteiger partial charge in [0.15, 0.2) is 6.10 Å². The smallest absolute Gasteiger partial charge is 0.166 e. The van der Waals surface area contributed by atoms with Crippen molar-refractivity contribution < 1.29 is 9.84 Å². The van der Waals surface area contributed by atoms with E-state index in [4.69, 9.17) is 10.00 Å². The Morgan fingerprint density at radius 3 is 2.85 bits per heavy atom. The highest BCUT2D eigenvalue weighted by Gasteiger charge is 2.17. The Hall–Kier alpha value is -0.850. The van der Waals surface area contributed by atoms with Gasteiger partial charge in [-0.25, -0.2) is 0 Å². The molecule has 74 valence electrons. The van der Waals surface area contributed by atoms with E-state index in [2.05, 4.69) is 13.5 Å². The van der Waals surface area contributed by atoms with Crippen molar-refractivity contribution >= 4 is 0 Å². The lowest BCUT2D eigenvalue weighted by Gasteiger charge is -2.17. The van der Waals surface area contributed by atoms with Crippen LogP contribution in [-0.2, 0) is 4.74 Å². The molecule has 13 heavy (non-hydrogen) atoms. The van der Waals surface area contributed by atoms with Gasteiger partial charge < -0.3 is 9.84 Å². The van der Waals surface area contributed by atoms with Gasteiger partial charge in [0.1, 0.15) is 0 Å². The summed E-state index contributed by atoms with van der Waals surface area (Å²) in [5, 5.41) is 17.7. The normalized spacial score (nSPS) is 14.5. The van der Waals surface area contributed by atoms with Crippen LogP contribution in [0.4, 0.5) is 0 Å². The fraction of sp³-hybridized carbons (Fsp3) is 0.700. The van der Waals surface area contributed by atoms with Gasteiger partial charge in [0.25, 0.3) is 0 Å². The van der Waals surface area contributed by atoms with Gasteiger partial charge in [-0.1, -0.05) is 25.8 Å². The predicted molar refractivity (Wildman–Crippen MR) is 51.1 cm³/mol. The van der Waals surface area contributed by atoms with Gasteiger partial charge >= 0.3 is 0 Å². The van der Waals surface area contributed by atoms with Crippen LogP contribution in [0.5, 0.6) is 0 Å². The molecule has 3 nitrogen and oxygen atoms in total. The van der Waals surface area contributed by atoms with Crippen molar-refractivity contribution in [1.29, 1.82) is 5.26 Å². The van der Waals surface area contributed by atoms with Gasteiger partial charge in [-0.2, -0.15) is 5.26 Å². The minimum atomic E-state index is -1.02. The fourth-order valence-electron chi connectivity index (χ4n) is 1.01. The van der Waals surface area contributed by atoms with E-state index in [0.29, 0.717) is 6.61 Å². The molecule has 0 bridgehead atoms.